The number of unbranched alkanes of at least 4 members (excludes halogenated alkanes) is 2. The average molecular weight is 427 g/mol. The number of fused-ring (bicyclic) bond motifs is 1. The first-order chi connectivity index (χ1) is 13.8. The van der Waals surface area contributed by atoms with Gasteiger partial charge in [0, 0.05) is 17.5 Å². The summed E-state index contributed by atoms with van der Waals surface area (Å²) < 4.78 is 23.3. The van der Waals surface area contributed by atoms with Crippen LogP contribution in [-0.2, 0) is 33.9 Å². The number of aliphatic carboxylic acids is 1. The fourth-order valence-corrected chi connectivity index (χ4v) is 4.55. The molecule has 1 aliphatic heterocycles. The predicted molar refractivity (Wildman–Crippen MR) is 110 cm³/mol. The highest BCUT2D eigenvalue weighted by molar-refractivity contribution is 7.62. The molecule has 0 fully saturated rings. The van der Waals surface area contributed by atoms with Crippen molar-refractivity contribution in [2.75, 3.05) is 13.2 Å². The van der Waals surface area contributed by atoms with E-state index in [1.54, 1.807) is 32.0 Å². The van der Waals surface area contributed by atoms with Gasteiger partial charge in [-0.25, -0.2) is 14.3 Å². The zero-order valence-electron chi connectivity index (χ0n) is 17.5. The van der Waals surface area contributed by atoms with Crippen LogP contribution in [-0.4, -0.2) is 30.0 Å². The molecule has 9 heteroatoms. The van der Waals surface area contributed by atoms with Gasteiger partial charge in [-0.3, -0.25) is 9.79 Å². The first-order valence-electron chi connectivity index (χ1n) is 9.92. The second-order valence-electron chi connectivity index (χ2n) is 7.14. The predicted octanol–water partition coefficient (Wildman–Crippen LogP) is 4.84. The highest BCUT2D eigenvalue weighted by atomic mass is 31.2. The highest BCUT2D eigenvalue weighted by Gasteiger charge is 2.39. The van der Waals surface area contributed by atoms with Gasteiger partial charge in [0.1, 0.15) is 0 Å². The van der Waals surface area contributed by atoms with E-state index in [-0.39, 0.29) is 25.0 Å². The van der Waals surface area contributed by atoms with E-state index in [1.165, 1.54) is 0 Å². The van der Waals surface area contributed by atoms with E-state index in [9.17, 15) is 9.36 Å². The van der Waals surface area contributed by atoms with E-state index < -0.39 is 13.6 Å². The molecule has 8 nitrogen and oxygen atoms in total. The van der Waals surface area contributed by atoms with Gasteiger partial charge in [-0.15, -0.1) is 9.35 Å². The Morgan fingerprint density at radius 1 is 1.14 bits per heavy atom. The van der Waals surface area contributed by atoms with Crippen LogP contribution in [0.25, 0.3) is 0 Å². The van der Waals surface area contributed by atoms with Crippen molar-refractivity contribution in [3.8, 4) is 0 Å². The third-order valence-electron chi connectivity index (χ3n) is 5.08. The second kappa shape index (κ2) is 10.5. The third kappa shape index (κ3) is 5.74. The summed E-state index contributed by atoms with van der Waals surface area (Å²) in [6.07, 6.45) is 3.32. The molecule has 0 bridgehead atoms. The molecule has 1 N–H and O–H groups in total. The zero-order valence-corrected chi connectivity index (χ0v) is 18.4. The maximum absolute atomic E-state index is 13.2. The smallest absolute Gasteiger partial charge is 0.414 e. The van der Waals surface area contributed by atoms with Crippen molar-refractivity contribution in [2.24, 2.45) is 4.99 Å². The molecule has 0 amide bonds. The van der Waals surface area contributed by atoms with Gasteiger partial charge in [0.2, 0.25) is 0 Å². The molecule has 1 unspecified atom stereocenters. The zero-order chi connectivity index (χ0) is 21.5. The van der Waals surface area contributed by atoms with E-state index in [1.807, 2.05) is 6.92 Å². The Morgan fingerprint density at radius 2 is 1.79 bits per heavy atom. The summed E-state index contributed by atoms with van der Waals surface area (Å²) in [5.41, 5.74) is 2.38. The Balaban J connectivity index is 2.23. The fourth-order valence-electron chi connectivity index (χ4n) is 3.32. The van der Waals surface area contributed by atoms with Gasteiger partial charge < -0.3 is 5.11 Å². The van der Waals surface area contributed by atoms with Gasteiger partial charge in [0.25, 0.3) is 0 Å². The molecular weight excluding hydrogens is 397 g/mol. The molecule has 1 aliphatic rings. The normalized spacial score (nSPS) is 18.6. The van der Waals surface area contributed by atoms with Crippen molar-refractivity contribution < 1.29 is 33.6 Å². The van der Waals surface area contributed by atoms with Crippen molar-refractivity contribution in [2.45, 2.75) is 65.2 Å². The number of rotatable bonds is 13. The van der Waals surface area contributed by atoms with E-state index >= 15 is 0 Å². The molecule has 0 aromatic heterocycles. The topological polar surface area (TPSA) is 104 Å². The quantitative estimate of drug-likeness (QED) is 0.208. The summed E-state index contributed by atoms with van der Waals surface area (Å²) in [5, 5.41) is 9.12. The summed E-state index contributed by atoms with van der Waals surface area (Å²) >= 11 is 0. The minimum Gasteiger partial charge on any atom is -0.481 e. The van der Waals surface area contributed by atoms with E-state index in [0.29, 0.717) is 11.7 Å². The maximum Gasteiger partial charge on any atom is 0.414 e. The standard InChI is InChI=1S/C20H30NO7P/c1-5-25-27-29(24,28-26-6-2)16-11-12-18-17(14-16)20(4,15(3)21-18)13-9-7-8-10-19(22)23/h11-12,14H,5-10,13H2,1-4H3,(H,22,23). The molecule has 29 heavy (non-hydrogen) atoms. The van der Waals surface area contributed by atoms with Crippen molar-refractivity contribution in [3.05, 3.63) is 23.8 Å². The maximum atomic E-state index is 13.2. The van der Waals surface area contributed by atoms with Gasteiger partial charge in [0.05, 0.1) is 24.2 Å². The molecule has 162 valence electrons. The van der Waals surface area contributed by atoms with Gasteiger partial charge in [-0.1, -0.05) is 19.8 Å². The molecule has 0 saturated heterocycles. The average Bonchev–Trinajstić information content (AvgIpc) is 2.94. The lowest BCUT2D eigenvalue weighted by Crippen LogP contribution is -2.28. The Labute approximate surface area is 171 Å². The SMILES string of the molecule is CCOOP(=O)(OOCC)c1ccc2c(c1)C(C)(CCCCCC(=O)O)C(C)=N2. The number of hydrogen-bond acceptors (Lipinski definition) is 7. The summed E-state index contributed by atoms with van der Waals surface area (Å²) in [4.78, 5) is 25.2. The lowest BCUT2D eigenvalue weighted by atomic mass is 9.76. The van der Waals surface area contributed by atoms with E-state index in [0.717, 1.165) is 36.2 Å². The first kappa shape index (κ1) is 23.7. The van der Waals surface area contributed by atoms with Crippen LogP contribution in [0.4, 0.5) is 5.69 Å². The molecule has 1 aromatic carbocycles. The van der Waals surface area contributed by atoms with Crippen LogP contribution in [0.5, 0.6) is 0 Å². The first-order valence-corrected chi connectivity index (χ1v) is 11.5. The summed E-state index contributed by atoms with van der Waals surface area (Å²) in [7, 11) is -3.82. The van der Waals surface area contributed by atoms with Crippen LogP contribution < -0.4 is 5.30 Å². The Hall–Kier alpha value is -1.57. The lowest BCUT2D eigenvalue weighted by molar-refractivity contribution is -0.260. The third-order valence-corrected chi connectivity index (χ3v) is 6.60. The molecule has 1 heterocycles. The monoisotopic (exact) mass is 427 g/mol. The van der Waals surface area contributed by atoms with Gasteiger partial charge >= 0.3 is 13.6 Å². The molecule has 0 saturated carbocycles. The number of nitrogens with zero attached hydrogens (tertiary/aromatic N) is 1. The van der Waals surface area contributed by atoms with E-state index in [4.69, 9.17) is 24.2 Å². The minimum atomic E-state index is -3.82. The highest BCUT2D eigenvalue weighted by Crippen LogP contribution is 2.50. The largest absolute Gasteiger partial charge is 0.481 e. The van der Waals surface area contributed by atoms with E-state index in [2.05, 4.69) is 11.9 Å². The summed E-state index contributed by atoms with van der Waals surface area (Å²) in [6, 6.07) is 5.22. The molecule has 2 rings (SSSR count). The summed E-state index contributed by atoms with van der Waals surface area (Å²) in [6.45, 7) is 7.92. The van der Waals surface area contributed by atoms with Gasteiger partial charge in [-0.2, -0.15) is 0 Å². The number of benzene rings is 1. The second-order valence-corrected chi connectivity index (χ2v) is 8.95. The van der Waals surface area contributed by atoms with Crippen LogP contribution in [0.15, 0.2) is 23.2 Å². The van der Waals surface area contributed by atoms with Crippen molar-refractivity contribution in [1.29, 1.82) is 0 Å². The number of carboxylic acid groups (broad SMARTS) is 1. The van der Waals surface area contributed by atoms with Crippen molar-refractivity contribution >= 4 is 30.3 Å². The Kier molecular flexibility index (Phi) is 8.55. The van der Waals surface area contributed by atoms with Gasteiger partial charge in [0.15, 0.2) is 0 Å². The van der Waals surface area contributed by atoms with Crippen molar-refractivity contribution in [3.63, 3.8) is 0 Å². The van der Waals surface area contributed by atoms with Crippen molar-refractivity contribution in [1.82, 2.24) is 0 Å². The molecule has 0 radical (unpaired) electrons. The molecule has 0 aliphatic carbocycles. The lowest BCUT2D eigenvalue weighted by Gasteiger charge is -2.27. The molecule has 1 atom stereocenters. The number of aliphatic imine (C=N–C) groups is 1. The van der Waals surface area contributed by atoms with Crippen LogP contribution in [0.2, 0.25) is 0 Å². The molecule has 0 spiro atoms. The van der Waals surface area contributed by atoms with Crippen LogP contribution in [0.3, 0.4) is 0 Å². The molecule has 1 aromatic rings. The van der Waals surface area contributed by atoms with Crippen LogP contribution >= 0.6 is 7.60 Å². The number of carboxylic acids is 1. The fraction of sp³-hybridized carbons (Fsp3) is 0.600. The minimum absolute atomic E-state index is 0.178. The Bertz CT molecular complexity index is 783. The van der Waals surface area contributed by atoms with Gasteiger partial charge in [-0.05, 0) is 57.4 Å². The summed E-state index contributed by atoms with van der Waals surface area (Å²) in [5.74, 6) is -0.774. The molecular formula is C20H30NO7P. The Morgan fingerprint density at radius 3 is 2.38 bits per heavy atom. The van der Waals surface area contributed by atoms with Crippen LogP contribution in [0.1, 0.15) is 65.4 Å². The number of carbonyl (C=O) groups is 1. The van der Waals surface area contributed by atoms with Crippen LogP contribution in [0, 0.1) is 0 Å². The number of hydrogen-bond donors (Lipinski definition) is 1.